The minimum Gasteiger partial charge on any atom is -0.463 e. The molecule has 0 heterocycles. The van der Waals surface area contributed by atoms with Crippen molar-refractivity contribution in [3.05, 3.63) is 11.6 Å². The van der Waals surface area contributed by atoms with Crippen molar-refractivity contribution >= 4 is 5.97 Å². The highest BCUT2D eigenvalue weighted by Crippen LogP contribution is 2.05. The van der Waals surface area contributed by atoms with Crippen LogP contribution in [-0.4, -0.2) is 37.5 Å². The normalized spacial score (nSPS) is 13.7. The molecule has 0 saturated heterocycles. The van der Waals surface area contributed by atoms with E-state index in [1.54, 1.807) is 27.0 Å². The summed E-state index contributed by atoms with van der Waals surface area (Å²) < 4.78 is 9.82. The molecule has 4 nitrogen and oxygen atoms in total. The van der Waals surface area contributed by atoms with Crippen molar-refractivity contribution in [1.82, 2.24) is 0 Å². The Kier molecular flexibility index (Phi) is 7.95. The van der Waals surface area contributed by atoms with Crippen LogP contribution in [0.3, 0.4) is 0 Å². The lowest BCUT2D eigenvalue weighted by Crippen LogP contribution is -2.15. The lowest BCUT2D eigenvalue weighted by Gasteiger charge is -2.10. The van der Waals surface area contributed by atoms with E-state index in [2.05, 4.69) is 0 Å². The number of rotatable bonds is 7. The number of carbonyl (C=O) groups excluding carboxylic acids is 1. The van der Waals surface area contributed by atoms with Crippen LogP contribution < -0.4 is 0 Å². The Balaban J connectivity index is 3.89. The fraction of sp³-hybridized carbons (Fsp3) is 0.727. The van der Waals surface area contributed by atoms with Gasteiger partial charge in [0, 0.05) is 12.7 Å². The van der Waals surface area contributed by atoms with Crippen LogP contribution in [0, 0.1) is 0 Å². The number of methoxy groups -OCH3 is 1. The SMILES string of the molecule is CCOC(=O)/C(C)=C/CC[C@@H](CO)OC. The summed E-state index contributed by atoms with van der Waals surface area (Å²) in [6.07, 6.45) is 3.05. The topological polar surface area (TPSA) is 55.8 Å². The molecule has 0 spiro atoms. The molecule has 0 bridgehead atoms. The van der Waals surface area contributed by atoms with Crippen LogP contribution in [0.25, 0.3) is 0 Å². The molecule has 1 atom stereocenters. The maximum absolute atomic E-state index is 11.2. The van der Waals surface area contributed by atoms with Crippen molar-refractivity contribution in [3.8, 4) is 0 Å². The molecule has 15 heavy (non-hydrogen) atoms. The molecule has 0 amide bonds. The van der Waals surface area contributed by atoms with E-state index in [-0.39, 0.29) is 18.7 Å². The van der Waals surface area contributed by atoms with Gasteiger partial charge in [-0.15, -0.1) is 0 Å². The Morgan fingerprint density at radius 1 is 1.53 bits per heavy atom. The largest absolute Gasteiger partial charge is 0.463 e. The van der Waals surface area contributed by atoms with Crippen molar-refractivity contribution in [3.63, 3.8) is 0 Å². The van der Waals surface area contributed by atoms with Gasteiger partial charge < -0.3 is 14.6 Å². The van der Waals surface area contributed by atoms with E-state index in [1.807, 2.05) is 0 Å². The molecule has 88 valence electrons. The van der Waals surface area contributed by atoms with Crippen LogP contribution in [0.1, 0.15) is 26.7 Å². The summed E-state index contributed by atoms with van der Waals surface area (Å²) in [6, 6.07) is 0. The highest BCUT2D eigenvalue weighted by atomic mass is 16.5. The molecule has 0 aliphatic carbocycles. The molecule has 0 aromatic rings. The van der Waals surface area contributed by atoms with Crippen molar-refractivity contribution in [2.75, 3.05) is 20.3 Å². The third-order valence-electron chi connectivity index (χ3n) is 2.07. The standard InChI is InChI=1S/C11H20O4/c1-4-15-11(13)9(2)6-5-7-10(8-12)14-3/h6,10,12H,4-5,7-8H2,1-3H3/b9-6+/t10-/m0/s1. The second kappa shape index (κ2) is 8.44. The van der Waals surface area contributed by atoms with Crippen molar-refractivity contribution < 1.29 is 19.4 Å². The minimum absolute atomic E-state index is 0.00277. The highest BCUT2D eigenvalue weighted by Gasteiger charge is 2.06. The Morgan fingerprint density at radius 3 is 2.67 bits per heavy atom. The zero-order chi connectivity index (χ0) is 11.7. The molecule has 0 saturated carbocycles. The van der Waals surface area contributed by atoms with Gasteiger partial charge >= 0.3 is 5.97 Å². The molecule has 0 radical (unpaired) electrons. The zero-order valence-corrected chi connectivity index (χ0v) is 9.66. The monoisotopic (exact) mass is 216 g/mol. The van der Waals surface area contributed by atoms with E-state index < -0.39 is 0 Å². The Labute approximate surface area is 90.9 Å². The summed E-state index contributed by atoms with van der Waals surface area (Å²) >= 11 is 0. The molecule has 0 aromatic heterocycles. The third-order valence-corrected chi connectivity index (χ3v) is 2.07. The fourth-order valence-electron chi connectivity index (χ4n) is 1.10. The summed E-state index contributed by atoms with van der Waals surface area (Å²) in [6.45, 7) is 3.89. The van der Waals surface area contributed by atoms with Gasteiger partial charge in [-0.2, -0.15) is 0 Å². The van der Waals surface area contributed by atoms with E-state index >= 15 is 0 Å². The smallest absolute Gasteiger partial charge is 0.333 e. The Hall–Kier alpha value is -0.870. The van der Waals surface area contributed by atoms with Gasteiger partial charge in [-0.05, 0) is 26.7 Å². The number of hydrogen-bond acceptors (Lipinski definition) is 4. The average Bonchev–Trinajstić information content (AvgIpc) is 2.24. The molecule has 0 aromatic carbocycles. The lowest BCUT2D eigenvalue weighted by molar-refractivity contribution is -0.138. The number of aliphatic hydroxyl groups is 1. The van der Waals surface area contributed by atoms with Crippen LogP contribution in [0.4, 0.5) is 0 Å². The van der Waals surface area contributed by atoms with Gasteiger partial charge in [-0.25, -0.2) is 4.79 Å². The van der Waals surface area contributed by atoms with Gasteiger partial charge in [0.15, 0.2) is 0 Å². The van der Waals surface area contributed by atoms with Crippen LogP contribution in [0.5, 0.6) is 0 Å². The molecule has 1 N–H and O–H groups in total. The molecule has 0 unspecified atom stereocenters. The van der Waals surface area contributed by atoms with E-state index in [4.69, 9.17) is 14.6 Å². The first-order valence-electron chi connectivity index (χ1n) is 5.13. The van der Waals surface area contributed by atoms with Crippen LogP contribution in [0.2, 0.25) is 0 Å². The van der Waals surface area contributed by atoms with Gasteiger partial charge in [-0.1, -0.05) is 6.08 Å². The van der Waals surface area contributed by atoms with E-state index in [9.17, 15) is 4.79 Å². The maximum Gasteiger partial charge on any atom is 0.333 e. The number of aliphatic hydroxyl groups excluding tert-OH is 1. The first-order valence-corrected chi connectivity index (χ1v) is 5.13. The van der Waals surface area contributed by atoms with Crippen LogP contribution in [-0.2, 0) is 14.3 Å². The van der Waals surface area contributed by atoms with Gasteiger partial charge in [-0.3, -0.25) is 0 Å². The van der Waals surface area contributed by atoms with Crippen molar-refractivity contribution in [2.24, 2.45) is 0 Å². The molecule has 0 fully saturated rings. The zero-order valence-electron chi connectivity index (χ0n) is 9.66. The Bertz CT molecular complexity index is 207. The maximum atomic E-state index is 11.2. The summed E-state index contributed by atoms with van der Waals surface area (Å²) in [5.74, 6) is -0.282. The number of allylic oxidation sites excluding steroid dienone is 1. The minimum atomic E-state index is -0.282. The number of carbonyl (C=O) groups is 1. The van der Waals surface area contributed by atoms with Gasteiger partial charge in [0.1, 0.15) is 0 Å². The molecule has 0 aliphatic rings. The summed E-state index contributed by atoms with van der Waals surface area (Å²) in [5, 5.41) is 8.85. The molecular formula is C11H20O4. The van der Waals surface area contributed by atoms with E-state index in [0.717, 1.165) is 0 Å². The average molecular weight is 216 g/mol. The number of hydrogen-bond donors (Lipinski definition) is 1. The molecule has 0 aliphatic heterocycles. The quantitative estimate of drug-likeness (QED) is 0.514. The molecule has 4 heteroatoms. The molecule has 0 rings (SSSR count). The van der Waals surface area contributed by atoms with Gasteiger partial charge in [0.2, 0.25) is 0 Å². The fourth-order valence-corrected chi connectivity index (χ4v) is 1.10. The lowest BCUT2D eigenvalue weighted by atomic mass is 10.1. The van der Waals surface area contributed by atoms with Crippen LogP contribution >= 0.6 is 0 Å². The predicted octanol–water partition coefficient (Wildman–Crippen LogP) is 1.28. The third kappa shape index (κ3) is 6.25. The van der Waals surface area contributed by atoms with E-state index in [0.29, 0.717) is 25.0 Å². The van der Waals surface area contributed by atoms with Crippen LogP contribution in [0.15, 0.2) is 11.6 Å². The Morgan fingerprint density at radius 2 is 2.20 bits per heavy atom. The highest BCUT2D eigenvalue weighted by molar-refractivity contribution is 5.87. The van der Waals surface area contributed by atoms with E-state index in [1.165, 1.54) is 0 Å². The van der Waals surface area contributed by atoms with Crippen molar-refractivity contribution in [2.45, 2.75) is 32.8 Å². The predicted molar refractivity (Wildman–Crippen MR) is 57.5 cm³/mol. The summed E-state index contributed by atoms with van der Waals surface area (Å²) in [4.78, 5) is 11.2. The van der Waals surface area contributed by atoms with Crippen molar-refractivity contribution in [1.29, 1.82) is 0 Å². The number of ether oxygens (including phenoxy) is 2. The molecular weight excluding hydrogens is 196 g/mol. The second-order valence-corrected chi connectivity index (χ2v) is 3.23. The second-order valence-electron chi connectivity index (χ2n) is 3.23. The summed E-state index contributed by atoms with van der Waals surface area (Å²) in [5.41, 5.74) is 0.602. The van der Waals surface area contributed by atoms with Gasteiger partial charge in [0.25, 0.3) is 0 Å². The van der Waals surface area contributed by atoms with Gasteiger partial charge in [0.05, 0.1) is 19.3 Å². The first kappa shape index (κ1) is 14.1. The number of esters is 1. The first-order chi connectivity index (χ1) is 7.15. The summed E-state index contributed by atoms with van der Waals surface area (Å²) in [7, 11) is 1.56.